The van der Waals surface area contributed by atoms with Gasteiger partial charge < -0.3 is 10.2 Å². The third-order valence-electron chi connectivity index (χ3n) is 4.08. The van der Waals surface area contributed by atoms with Crippen LogP contribution in [0.1, 0.15) is 31.1 Å². The van der Waals surface area contributed by atoms with Crippen LogP contribution >= 0.6 is 0 Å². The summed E-state index contributed by atoms with van der Waals surface area (Å²) in [7, 11) is 0. The summed E-state index contributed by atoms with van der Waals surface area (Å²) in [6, 6.07) is 11.6. The lowest BCUT2D eigenvalue weighted by Gasteiger charge is -2.27. The quantitative estimate of drug-likeness (QED) is 0.739. The lowest BCUT2D eigenvalue weighted by atomic mass is 10.2. The van der Waals surface area contributed by atoms with Crippen LogP contribution in [0.3, 0.4) is 0 Å². The van der Waals surface area contributed by atoms with Crippen LogP contribution in [0.4, 0.5) is 11.4 Å². The summed E-state index contributed by atoms with van der Waals surface area (Å²) in [6.07, 6.45) is 4.54. The minimum atomic E-state index is -0.197. The molecule has 134 valence electrons. The Labute approximate surface area is 152 Å². The number of hydrogen-bond donors (Lipinski definition) is 1. The highest BCUT2D eigenvalue weighted by Crippen LogP contribution is 2.20. The molecule has 0 aliphatic rings. The lowest BCUT2D eigenvalue weighted by Crippen LogP contribution is -2.30. The van der Waals surface area contributed by atoms with Crippen LogP contribution in [0.15, 0.2) is 55.2 Å². The zero-order valence-electron chi connectivity index (χ0n) is 15.1. The van der Waals surface area contributed by atoms with Gasteiger partial charge in [0.25, 0.3) is 5.91 Å². The molecular formula is C19H22N6O. The first kappa shape index (κ1) is 17.6. The maximum absolute atomic E-state index is 12.5. The fraction of sp³-hybridized carbons (Fsp3) is 0.263. The van der Waals surface area contributed by atoms with Crippen molar-refractivity contribution < 1.29 is 4.79 Å². The number of rotatable bonds is 6. The van der Waals surface area contributed by atoms with Gasteiger partial charge in [-0.2, -0.15) is 5.10 Å². The van der Waals surface area contributed by atoms with Gasteiger partial charge in [-0.25, -0.2) is 14.6 Å². The van der Waals surface area contributed by atoms with Gasteiger partial charge in [0.15, 0.2) is 5.82 Å². The van der Waals surface area contributed by atoms with Gasteiger partial charge >= 0.3 is 0 Å². The topological polar surface area (TPSA) is 75.9 Å². The summed E-state index contributed by atoms with van der Waals surface area (Å²) in [4.78, 5) is 22.9. The number of carbonyl (C=O) groups is 1. The van der Waals surface area contributed by atoms with Crippen molar-refractivity contribution in [3.8, 4) is 5.82 Å². The standard InChI is InChI=1S/C19H22N6O/c1-4-24(14(2)3)17-7-5-16(6-8-17)23-19(26)15-9-10-21-18(11-15)25-13-20-12-22-25/h5-14H,4H2,1-3H3,(H,23,26). The number of nitrogens with zero attached hydrogens (tertiary/aromatic N) is 5. The van der Waals surface area contributed by atoms with Crippen LogP contribution < -0.4 is 10.2 Å². The first-order valence-electron chi connectivity index (χ1n) is 8.57. The SMILES string of the molecule is CCN(c1ccc(NC(=O)c2ccnc(-n3cncn3)c2)cc1)C(C)C. The highest BCUT2D eigenvalue weighted by atomic mass is 16.1. The molecule has 1 aromatic carbocycles. The molecule has 0 unspecified atom stereocenters. The van der Waals surface area contributed by atoms with Gasteiger partial charge in [-0.3, -0.25) is 4.79 Å². The lowest BCUT2D eigenvalue weighted by molar-refractivity contribution is 0.102. The summed E-state index contributed by atoms with van der Waals surface area (Å²) in [6.45, 7) is 7.39. The van der Waals surface area contributed by atoms with Crippen LogP contribution in [0.5, 0.6) is 0 Å². The van der Waals surface area contributed by atoms with Gasteiger partial charge in [-0.1, -0.05) is 0 Å². The Morgan fingerprint density at radius 3 is 2.62 bits per heavy atom. The van der Waals surface area contributed by atoms with Gasteiger partial charge in [-0.05, 0) is 57.2 Å². The monoisotopic (exact) mass is 350 g/mol. The second-order valence-corrected chi connectivity index (χ2v) is 6.12. The van der Waals surface area contributed by atoms with E-state index in [1.807, 2.05) is 24.3 Å². The third-order valence-corrected chi connectivity index (χ3v) is 4.08. The summed E-state index contributed by atoms with van der Waals surface area (Å²) >= 11 is 0. The number of pyridine rings is 1. The minimum Gasteiger partial charge on any atom is -0.369 e. The van der Waals surface area contributed by atoms with Crippen molar-refractivity contribution in [3.63, 3.8) is 0 Å². The Morgan fingerprint density at radius 1 is 1.23 bits per heavy atom. The highest BCUT2D eigenvalue weighted by molar-refractivity contribution is 6.04. The van der Waals surface area contributed by atoms with Crippen LogP contribution in [-0.2, 0) is 0 Å². The molecule has 1 N–H and O–H groups in total. The molecule has 0 aliphatic heterocycles. The van der Waals surface area contributed by atoms with Crippen LogP contribution in [0.2, 0.25) is 0 Å². The molecule has 0 atom stereocenters. The predicted molar refractivity (Wildman–Crippen MR) is 102 cm³/mol. The largest absolute Gasteiger partial charge is 0.369 e. The molecule has 0 radical (unpaired) electrons. The van der Waals surface area contributed by atoms with E-state index in [-0.39, 0.29) is 5.91 Å². The van der Waals surface area contributed by atoms with Gasteiger partial charge in [0.05, 0.1) is 0 Å². The normalized spacial score (nSPS) is 10.8. The van der Waals surface area contributed by atoms with Gasteiger partial charge in [0, 0.05) is 35.7 Å². The van der Waals surface area contributed by atoms with Crippen LogP contribution in [0.25, 0.3) is 5.82 Å². The van der Waals surface area contributed by atoms with E-state index in [0.717, 1.165) is 17.9 Å². The molecular weight excluding hydrogens is 328 g/mol. The summed E-state index contributed by atoms with van der Waals surface area (Å²) in [5.74, 6) is 0.346. The molecule has 0 spiro atoms. The maximum Gasteiger partial charge on any atom is 0.255 e. The van der Waals surface area contributed by atoms with Gasteiger partial charge in [-0.15, -0.1) is 0 Å². The van der Waals surface area contributed by atoms with E-state index in [1.54, 1.807) is 18.3 Å². The van der Waals surface area contributed by atoms with Crippen molar-refractivity contribution >= 4 is 17.3 Å². The first-order chi connectivity index (χ1) is 12.6. The molecule has 0 aliphatic carbocycles. The van der Waals surface area contributed by atoms with Crippen molar-refractivity contribution in [1.82, 2.24) is 19.7 Å². The van der Waals surface area contributed by atoms with E-state index in [4.69, 9.17) is 0 Å². The van der Waals surface area contributed by atoms with E-state index in [1.165, 1.54) is 17.3 Å². The third kappa shape index (κ3) is 3.88. The van der Waals surface area contributed by atoms with Crippen molar-refractivity contribution in [1.29, 1.82) is 0 Å². The Hall–Kier alpha value is -3.22. The zero-order valence-corrected chi connectivity index (χ0v) is 15.1. The van der Waals surface area contributed by atoms with Crippen molar-refractivity contribution in [2.75, 3.05) is 16.8 Å². The van der Waals surface area contributed by atoms with E-state index in [0.29, 0.717) is 17.4 Å². The number of anilines is 2. The molecule has 1 amide bonds. The first-order valence-corrected chi connectivity index (χ1v) is 8.57. The van der Waals surface area contributed by atoms with E-state index >= 15 is 0 Å². The Kier molecular flexibility index (Phi) is 5.26. The Balaban J connectivity index is 1.73. The predicted octanol–water partition coefficient (Wildman–Crippen LogP) is 3.15. The van der Waals surface area contributed by atoms with Crippen LogP contribution in [0, 0.1) is 0 Å². The van der Waals surface area contributed by atoms with Crippen LogP contribution in [-0.4, -0.2) is 38.2 Å². The summed E-state index contributed by atoms with van der Waals surface area (Å²) < 4.78 is 1.51. The highest BCUT2D eigenvalue weighted by Gasteiger charge is 2.11. The maximum atomic E-state index is 12.5. The average Bonchev–Trinajstić information content (AvgIpc) is 3.18. The Morgan fingerprint density at radius 2 is 2.00 bits per heavy atom. The number of carbonyl (C=O) groups excluding carboxylic acids is 1. The average molecular weight is 350 g/mol. The molecule has 2 heterocycles. The molecule has 3 aromatic rings. The molecule has 0 saturated heterocycles. The summed E-state index contributed by atoms with van der Waals surface area (Å²) in [5.41, 5.74) is 2.39. The molecule has 0 bridgehead atoms. The molecule has 26 heavy (non-hydrogen) atoms. The second-order valence-electron chi connectivity index (χ2n) is 6.12. The van der Waals surface area contributed by atoms with E-state index in [9.17, 15) is 4.79 Å². The molecule has 7 nitrogen and oxygen atoms in total. The smallest absolute Gasteiger partial charge is 0.255 e. The van der Waals surface area contributed by atoms with Crippen molar-refractivity contribution in [2.45, 2.75) is 26.8 Å². The van der Waals surface area contributed by atoms with Crippen molar-refractivity contribution in [2.24, 2.45) is 0 Å². The number of benzene rings is 1. The van der Waals surface area contributed by atoms with E-state index < -0.39 is 0 Å². The molecule has 2 aromatic heterocycles. The molecule has 0 saturated carbocycles. The number of amides is 1. The van der Waals surface area contributed by atoms with Crippen molar-refractivity contribution in [3.05, 3.63) is 60.8 Å². The number of hydrogen-bond acceptors (Lipinski definition) is 5. The fourth-order valence-corrected chi connectivity index (χ4v) is 2.80. The van der Waals surface area contributed by atoms with E-state index in [2.05, 4.69) is 46.1 Å². The zero-order chi connectivity index (χ0) is 18.5. The molecule has 7 heteroatoms. The minimum absolute atomic E-state index is 0.197. The Bertz CT molecular complexity index is 858. The molecule has 3 rings (SSSR count). The number of aromatic nitrogens is 4. The fourth-order valence-electron chi connectivity index (χ4n) is 2.80. The van der Waals surface area contributed by atoms with Gasteiger partial charge in [0.2, 0.25) is 0 Å². The second kappa shape index (κ2) is 7.77. The molecule has 0 fully saturated rings. The number of nitrogens with one attached hydrogen (secondary N) is 1. The summed E-state index contributed by atoms with van der Waals surface area (Å²) in [5, 5.41) is 6.94. The van der Waals surface area contributed by atoms with Gasteiger partial charge in [0.1, 0.15) is 12.7 Å².